The first-order valence-corrected chi connectivity index (χ1v) is 12.5. The number of nitrogens with zero attached hydrogens (tertiary/aromatic N) is 3. The first kappa shape index (κ1) is 24.9. The molecule has 3 atom stereocenters. The van der Waals surface area contributed by atoms with Crippen LogP contribution in [0.15, 0.2) is 48.5 Å². The number of carbonyl (C=O) groups is 2. The Morgan fingerprint density at radius 3 is 2.31 bits per heavy atom. The summed E-state index contributed by atoms with van der Waals surface area (Å²) in [4.78, 5) is 30.8. The Kier molecular flexibility index (Phi) is 6.97. The van der Waals surface area contributed by atoms with E-state index in [2.05, 4.69) is 54.4 Å². The van der Waals surface area contributed by atoms with Crippen molar-refractivity contribution in [1.82, 2.24) is 4.90 Å². The lowest BCUT2D eigenvalue weighted by molar-refractivity contribution is -0.117. The van der Waals surface area contributed by atoms with E-state index in [-0.39, 0.29) is 30.0 Å². The summed E-state index contributed by atoms with van der Waals surface area (Å²) in [6.07, 6.45) is -0.244. The van der Waals surface area contributed by atoms with Crippen LogP contribution in [0, 0.1) is 5.92 Å². The van der Waals surface area contributed by atoms with Gasteiger partial charge in [0.15, 0.2) is 0 Å². The van der Waals surface area contributed by atoms with Crippen LogP contribution >= 0.6 is 0 Å². The molecule has 2 aromatic carbocycles. The number of nitrogens with one attached hydrogen (secondary N) is 1. The molecule has 7 heteroatoms. The second-order valence-electron chi connectivity index (χ2n) is 10.7. The van der Waals surface area contributed by atoms with Crippen molar-refractivity contribution in [2.75, 3.05) is 41.3 Å². The third-order valence-electron chi connectivity index (χ3n) is 7.03. The Labute approximate surface area is 209 Å². The van der Waals surface area contributed by atoms with Crippen molar-refractivity contribution in [1.29, 1.82) is 0 Å². The van der Waals surface area contributed by atoms with Crippen molar-refractivity contribution in [2.24, 2.45) is 5.92 Å². The number of fused-ring (bicyclic) bond motifs is 1. The second kappa shape index (κ2) is 9.80. The lowest BCUT2D eigenvalue weighted by Crippen LogP contribution is -2.50. The molecule has 0 bridgehead atoms. The van der Waals surface area contributed by atoms with Crippen LogP contribution in [0.1, 0.15) is 53.1 Å². The first-order valence-electron chi connectivity index (χ1n) is 12.5. The highest BCUT2D eigenvalue weighted by atomic mass is 16.6. The van der Waals surface area contributed by atoms with Crippen molar-refractivity contribution in [3.8, 4) is 0 Å². The van der Waals surface area contributed by atoms with Gasteiger partial charge in [0.2, 0.25) is 5.91 Å². The first-order chi connectivity index (χ1) is 16.5. The van der Waals surface area contributed by atoms with Gasteiger partial charge in [0.1, 0.15) is 5.60 Å². The van der Waals surface area contributed by atoms with Crippen LogP contribution < -0.4 is 15.1 Å². The number of benzene rings is 2. The fourth-order valence-electron chi connectivity index (χ4n) is 5.10. The molecule has 1 fully saturated rings. The van der Waals surface area contributed by atoms with Crippen molar-refractivity contribution in [3.63, 3.8) is 0 Å². The molecule has 2 heterocycles. The van der Waals surface area contributed by atoms with Crippen LogP contribution in [-0.2, 0) is 9.53 Å². The van der Waals surface area contributed by atoms with Crippen LogP contribution in [0.3, 0.4) is 0 Å². The van der Waals surface area contributed by atoms with Crippen molar-refractivity contribution < 1.29 is 14.3 Å². The van der Waals surface area contributed by atoms with Gasteiger partial charge in [-0.15, -0.1) is 0 Å². The maximum absolute atomic E-state index is 12.4. The van der Waals surface area contributed by atoms with E-state index < -0.39 is 5.60 Å². The summed E-state index contributed by atoms with van der Waals surface area (Å²) in [6, 6.07) is 16.8. The monoisotopic (exact) mass is 478 g/mol. The summed E-state index contributed by atoms with van der Waals surface area (Å²) in [5.74, 6) is 0.303. The van der Waals surface area contributed by atoms with Crippen molar-refractivity contribution in [3.05, 3.63) is 54.1 Å². The molecule has 35 heavy (non-hydrogen) atoms. The highest BCUT2D eigenvalue weighted by molar-refractivity contribution is 5.94. The average molecular weight is 479 g/mol. The Morgan fingerprint density at radius 1 is 0.971 bits per heavy atom. The van der Waals surface area contributed by atoms with E-state index in [1.807, 2.05) is 43.9 Å². The van der Waals surface area contributed by atoms with Crippen LogP contribution in [0.5, 0.6) is 0 Å². The quantitative estimate of drug-likeness (QED) is 0.650. The van der Waals surface area contributed by atoms with E-state index in [0.717, 1.165) is 35.7 Å². The molecule has 7 nitrogen and oxygen atoms in total. The topological polar surface area (TPSA) is 65.1 Å². The number of rotatable bonds is 3. The number of carbonyl (C=O) groups excluding carboxylic acids is 2. The van der Waals surface area contributed by atoms with Gasteiger partial charge in [-0.2, -0.15) is 0 Å². The highest BCUT2D eigenvalue weighted by Crippen LogP contribution is 2.42. The highest BCUT2D eigenvalue weighted by Gasteiger charge is 2.38. The molecule has 1 N–H and O–H groups in total. The van der Waals surface area contributed by atoms with E-state index in [9.17, 15) is 9.59 Å². The van der Waals surface area contributed by atoms with E-state index in [4.69, 9.17) is 4.74 Å². The summed E-state index contributed by atoms with van der Waals surface area (Å²) in [5, 5.41) is 3.76. The van der Waals surface area contributed by atoms with Crippen molar-refractivity contribution >= 4 is 29.1 Å². The van der Waals surface area contributed by atoms with Crippen LogP contribution in [0.2, 0.25) is 0 Å². The zero-order valence-electron chi connectivity index (χ0n) is 21.7. The molecule has 0 aliphatic carbocycles. The standard InChI is InChI=1S/C28H38N4O3/c1-19-20(2)32(21(3)33)25-13-8-7-12-24(25)26(19)29-22-10-9-11-23(18-22)30-14-16-31(17-15-30)27(34)35-28(4,5)6/h7-13,18-20,26,29H,14-17H2,1-6H3/t19-,20-,26?/m0/s1. The number of amides is 2. The summed E-state index contributed by atoms with van der Waals surface area (Å²) < 4.78 is 5.53. The molecule has 2 aliphatic heterocycles. The molecule has 2 aromatic rings. The van der Waals surface area contributed by atoms with Gasteiger partial charge in [-0.05, 0) is 57.5 Å². The fourth-order valence-corrected chi connectivity index (χ4v) is 5.10. The minimum Gasteiger partial charge on any atom is -0.444 e. The Bertz CT molecular complexity index is 1070. The number of para-hydroxylation sites is 1. The SMILES string of the molecule is CC(=O)N1c2ccccc2C(Nc2cccc(N3CCN(C(=O)OC(C)(C)C)CC3)c2)[C@@H](C)[C@@H]1C. The van der Waals surface area contributed by atoms with Gasteiger partial charge in [0, 0.05) is 62.1 Å². The summed E-state index contributed by atoms with van der Waals surface area (Å²) in [6.45, 7) is 14.4. The van der Waals surface area contributed by atoms with Gasteiger partial charge in [-0.3, -0.25) is 4.79 Å². The largest absolute Gasteiger partial charge is 0.444 e. The molecule has 1 unspecified atom stereocenters. The summed E-state index contributed by atoms with van der Waals surface area (Å²) in [7, 11) is 0. The normalized spacial score (nSPS) is 22.5. The maximum atomic E-state index is 12.4. The predicted molar refractivity (Wildman–Crippen MR) is 141 cm³/mol. The van der Waals surface area contributed by atoms with Gasteiger partial charge < -0.3 is 24.8 Å². The second-order valence-corrected chi connectivity index (χ2v) is 10.7. The lowest BCUT2D eigenvalue weighted by atomic mass is 9.82. The number of ether oxygens (including phenoxy) is 1. The molecule has 4 rings (SSSR count). The molecule has 0 radical (unpaired) electrons. The number of anilines is 3. The zero-order valence-corrected chi connectivity index (χ0v) is 21.7. The Balaban J connectivity index is 1.48. The van der Waals surface area contributed by atoms with Gasteiger partial charge >= 0.3 is 6.09 Å². The Morgan fingerprint density at radius 2 is 1.66 bits per heavy atom. The van der Waals surface area contributed by atoms with E-state index in [1.54, 1.807) is 11.8 Å². The Hall–Kier alpha value is -3.22. The minimum atomic E-state index is -0.484. The predicted octanol–water partition coefficient (Wildman–Crippen LogP) is 5.29. The lowest BCUT2D eigenvalue weighted by Gasteiger charge is -2.44. The minimum absolute atomic E-state index is 0.0720. The number of hydrogen-bond acceptors (Lipinski definition) is 5. The molecule has 0 aromatic heterocycles. The third-order valence-corrected chi connectivity index (χ3v) is 7.03. The van der Waals surface area contributed by atoms with E-state index >= 15 is 0 Å². The molecular weight excluding hydrogens is 440 g/mol. The third kappa shape index (κ3) is 5.39. The molecule has 0 saturated carbocycles. The smallest absolute Gasteiger partial charge is 0.410 e. The number of hydrogen-bond donors (Lipinski definition) is 1. The summed E-state index contributed by atoms with van der Waals surface area (Å²) >= 11 is 0. The maximum Gasteiger partial charge on any atom is 0.410 e. The zero-order chi connectivity index (χ0) is 25.3. The molecule has 2 aliphatic rings. The van der Waals surface area contributed by atoms with Crippen LogP contribution in [0.4, 0.5) is 21.9 Å². The van der Waals surface area contributed by atoms with Crippen LogP contribution in [-0.4, -0.2) is 54.7 Å². The van der Waals surface area contributed by atoms with Gasteiger partial charge in [-0.1, -0.05) is 31.2 Å². The van der Waals surface area contributed by atoms with E-state index in [0.29, 0.717) is 13.1 Å². The number of piperazine rings is 1. The molecule has 188 valence electrons. The van der Waals surface area contributed by atoms with Crippen molar-refractivity contribution in [2.45, 2.75) is 59.2 Å². The fraction of sp³-hybridized carbons (Fsp3) is 0.500. The van der Waals surface area contributed by atoms with Gasteiger partial charge in [0.05, 0.1) is 6.04 Å². The average Bonchev–Trinajstić information content (AvgIpc) is 2.81. The molecular formula is C28H38N4O3. The van der Waals surface area contributed by atoms with E-state index in [1.165, 1.54) is 0 Å². The molecule has 0 spiro atoms. The van der Waals surface area contributed by atoms with Gasteiger partial charge in [0.25, 0.3) is 0 Å². The summed E-state index contributed by atoms with van der Waals surface area (Å²) in [5.41, 5.74) is 3.82. The molecule has 2 amide bonds. The molecule has 1 saturated heterocycles. The van der Waals surface area contributed by atoms with Crippen LogP contribution in [0.25, 0.3) is 0 Å². The van der Waals surface area contributed by atoms with Gasteiger partial charge in [-0.25, -0.2) is 4.79 Å².